The predicted octanol–water partition coefficient (Wildman–Crippen LogP) is 3.42. The molecule has 112 valence electrons. The molecule has 4 nitrogen and oxygen atoms in total. The molecule has 0 bridgehead atoms. The van der Waals surface area contributed by atoms with Gasteiger partial charge in [-0.15, -0.1) is 0 Å². The Morgan fingerprint density at radius 3 is 2.21 bits per heavy atom. The van der Waals surface area contributed by atoms with Crippen molar-refractivity contribution in [3.8, 4) is 0 Å². The van der Waals surface area contributed by atoms with E-state index in [0.717, 1.165) is 44.9 Å². The van der Waals surface area contributed by atoms with Crippen LogP contribution in [0.1, 0.15) is 39.5 Å². The highest BCUT2D eigenvalue weighted by Gasteiger charge is 2.29. The molecule has 0 N–H and O–H groups in total. The van der Waals surface area contributed by atoms with Crippen LogP contribution in [0.2, 0.25) is 12.6 Å². The average molecular weight is 288 g/mol. The third kappa shape index (κ3) is 9.87. The summed E-state index contributed by atoms with van der Waals surface area (Å²) in [5, 5.41) is 0. The maximum atomic E-state index is 10.8. The van der Waals surface area contributed by atoms with Crippen molar-refractivity contribution in [3.05, 3.63) is 12.7 Å². The quantitative estimate of drug-likeness (QED) is 0.239. The number of carbonyl (C=O) groups is 1. The molecule has 19 heavy (non-hydrogen) atoms. The molecule has 0 aromatic carbocycles. The molecular weight excluding hydrogens is 260 g/mol. The first-order valence-corrected chi connectivity index (χ1v) is 9.67. The van der Waals surface area contributed by atoms with Gasteiger partial charge in [0.05, 0.1) is 6.61 Å². The predicted molar refractivity (Wildman–Crippen MR) is 79.3 cm³/mol. The van der Waals surface area contributed by atoms with E-state index in [4.69, 9.17) is 13.6 Å². The van der Waals surface area contributed by atoms with Crippen LogP contribution in [0.15, 0.2) is 12.7 Å². The minimum Gasteiger partial charge on any atom is -0.463 e. The summed E-state index contributed by atoms with van der Waals surface area (Å²) >= 11 is 0. The Bertz CT molecular complexity index is 250. The zero-order chi connectivity index (χ0) is 14.6. The van der Waals surface area contributed by atoms with Gasteiger partial charge in [-0.1, -0.05) is 25.8 Å². The second-order valence-corrected chi connectivity index (χ2v) is 7.88. The lowest BCUT2D eigenvalue weighted by atomic mass is 10.2. The van der Waals surface area contributed by atoms with Crippen molar-refractivity contribution in [1.82, 2.24) is 0 Å². The normalized spacial score (nSPS) is 11.3. The molecule has 5 heteroatoms. The first-order chi connectivity index (χ1) is 9.08. The van der Waals surface area contributed by atoms with Gasteiger partial charge in [0.1, 0.15) is 0 Å². The summed E-state index contributed by atoms with van der Waals surface area (Å²) in [6.45, 7) is 11.4. The molecule has 0 heterocycles. The summed E-state index contributed by atoms with van der Waals surface area (Å²) in [5.41, 5.74) is 0. The Morgan fingerprint density at radius 1 is 1.11 bits per heavy atom. The van der Waals surface area contributed by atoms with Crippen LogP contribution in [-0.2, 0) is 18.4 Å². The van der Waals surface area contributed by atoms with Gasteiger partial charge < -0.3 is 13.6 Å². The second-order valence-electron chi connectivity index (χ2n) is 4.54. The second kappa shape index (κ2) is 11.2. The summed E-state index contributed by atoms with van der Waals surface area (Å²) < 4.78 is 16.5. The standard InChI is InChI=1S/C14H28O4Si/c1-5-14(15)16-12-10-8-9-11-13-19(4,17-6-2)18-7-3/h5H,1,6-13H2,2-4H3. The fraction of sp³-hybridized carbons (Fsp3) is 0.786. The molecule has 0 aliphatic heterocycles. The highest BCUT2D eigenvalue weighted by Crippen LogP contribution is 2.18. The van der Waals surface area contributed by atoms with Crippen molar-refractivity contribution in [1.29, 1.82) is 0 Å². The van der Waals surface area contributed by atoms with Crippen LogP contribution < -0.4 is 0 Å². The Balaban J connectivity index is 3.60. The third-order valence-electron chi connectivity index (χ3n) is 2.84. The molecule has 0 radical (unpaired) electrons. The van der Waals surface area contributed by atoms with Crippen LogP contribution in [0.3, 0.4) is 0 Å². The van der Waals surface area contributed by atoms with Crippen molar-refractivity contribution in [2.75, 3.05) is 19.8 Å². The molecule has 0 amide bonds. The van der Waals surface area contributed by atoms with E-state index in [2.05, 4.69) is 13.1 Å². The first kappa shape index (κ1) is 18.3. The van der Waals surface area contributed by atoms with Gasteiger partial charge in [0, 0.05) is 19.3 Å². The van der Waals surface area contributed by atoms with E-state index >= 15 is 0 Å². The summed E-state index contributed by atoms with van der Waals surface area (Å²) in [6, 6.07) is 1.03. The van der Waals surface area contributed by atoms with E-state index in [-0.39, 0.29) is 5.97 Å². The fourth-order valence-electron chi connectivity index (χ4n) is 1.93. The number of unbranched alkanes of at least 4 members (excludes halogenated alkanes) is 3. The third-order valence-corrected chi connectivity index (χ3v) is 5.90. The fourth-order valence-corrected chi connectivity index (χ4v) is 4.42. The Morgan fingerprint density at radius 2 is 1.68 bits per heavy atom. The van der Waals surface area contributed by atoms with Crippen molar-refractivity contribution in [3.63, 3.8) is 0 Å². The topological polar surface area (TPSA) is 44.8 Å². The number of carbonyl (C=O) groups excluding carboxylic acids is 1. The van der Waals surface area contributed by atoms with E-state index in [1.807, 2.05) is 13.8 Å². The number of ether oxygens (including phenoxy) is 1. The molecule has 0 saturated carbocycles. The summed E-state index contributed by atoms with van der Waals surface area (Å²) in [5.74, 6) is -0.340. The minimum absolute atomic E-state index is 0.340. The molecule has 0 atom stereocenters. The van der Waals surface area contributed by atoms with E-state index in [1.165, 1.54) is 6.08 Å². The van der Waals surface area contributed by atoms with Gasteiger partial charge in [-0.3, -0.25) is 0 Å². The van der Waals surface area contributed by atoms with Gasteiger partial charge in [-0.2, -0.15) is 0 Å². The van der Waals surface area contributed by atoms with Gasteiger partial charge in [0.25, 0.3) is 0 Å². The van der Waals surface area contributed by atoms with Crippen molar-refractivity contribution < 1.29 is 18.4 Å². The molecule has 0 spiro atoms. The maximum absolute atomic E-state index is 10.8. The van der Waals surface area contributed by atoms with Crippen LogP contribution in [-0.4, -0.2) is 34.4 Å². The molecule has 0 aromatic rings. The molecule has 0 rings (SSSR count). The van der Waals surface area contributed by atoms with Gasteiger partial charge >= 0.3 is 14.5 Å². The van der Waals surface area contributed by atoms with Gasteiger partial charge in [-0.25, -0.2) is 4.79 Å². The van der Waals surface area contributed by atoms with Crippen LogP contribution >= 0.6 is 0 Å². The lowest BCUT2D eigenvalue weighted by molar-refractivity contribution is -0.137. The van der Waals surface area contributed by atoms with Gasteiger partial charge in [0.2, 0.25) is 0 Å². The summed E-state index contributed by atoms with van der Waals surface area (Å²) in [6.07, 6.45) is 5.39. The highest BCUT2D eigenvalue weighted by molar-refractivity contribution is 6.66. The molecular formula is C14H28O4Si. The van der Waals surface area contributed by atoms with E-state index in [1.54, 1.807) is 0 Å². The molecule has 0 saturated heterocycles. The van der Waals surface area contributed by atoms with Crippen LogP contribution in [0, 0.1) is 0 Å². The Hall–Kier alpha value is -0.653. The average Bonchev–Trinajstić information content (AvgIpc) is 2.37. The van der Waals surface area contributed by atoms with Crippen molar-refractivity contribution in [2.24, 2.45) is 0 Å². The maximum Gasteiger partial charge on any atom is 0.334 e. The minimum atomic E-state index is -1.94. The van der Waals surface area contributed by atoms with Gasteiger partial charge in [0.15, 0.2) is 0 Å². The molecule has 0 aromatic heterocycles. The lowest BCUT2D eigenvalue weighted by Gasteiger charge is -2.25. The highest BCUT2D eigenvalue weighted by atomic mass is 28.4. The van der Waals surface area contributed by atoms with E-state index < -0.39 is 8.56 Å². The summed E-state index contributed by atoms with van der Waals surface area (Å²) in [7, 11) is -1.94. The number of rotatable bonds is 12. The van der Waals surface area contributed by atoms with Crippen LogP contribution in [0.4, 0.5) is 0 Å². The number of hydrogen-bond donors (Lipinski definition) is 0. The molecule has 0 unspecified atom stereocenters. The van der Waals surface area contributed by atoms with Crippen molar-refractivity contribution >= 4 is 14.5 Å². The zero-order valence-electron chi connectivity index (χ0n) is 12.6. The first-order valence-electron chi connectivity index (χ1n) is 7.15. The SMILES string of the molecule is C=CC(=O)OCCCCCC[Si](C)(OCC)OCC. The largest absolute Gasteiger partial charge is 0.463 e. The number of esters is 1. The van der Waals surface area contributed by atoms with Crippen LogP contribution in [0.5, 0.6) is 0 Å². The zero-order valence-corrected chi connectivity index (χ0v) is 13.6. The Kier molecular flexibility index (Phi) is 10.8. The monoisotopic (exact) mass is 288 g/mol. The smallest absolute Gasteiger partial charge is 0.334 e. The summed E-state index contributed by atoms with van der Waals surface area (Å²) in [4.78, 5) is 10.8. The van der Waals surface area contributed by atoms with E-state index in [0.29, 0.717) is 6.61 Å². The molecule has 0 aliphatic rings. The van der Waals surface area contributed by atoms with E-state index in [9.17, 15) is 4.79 Å². The van der Waals surface area contributed by atoms with Crippen LogP contribution in [0.25, 0.3) is 0 Å². The Labute approximate surface area is 118 Å². The number of hydrogen-bond acceptors (Lipinski definition) is 4. The molecule has 0 aliphatic carbocycles. The van der Waals surface area contributed by atoms with Crippen molar-refractivity contribution in [2.45, 2.75) is 52.1 Å². The lowest BCUT2D eigenvalue weighted by Crippen LogP contribution is -2.38. The van der Waals surface area contributed by atoms with Gasteiger partial charge in [-0.05, 0) is 32.9 Å². The molecule has 0 fully saturated rings.